The maximum absolute atomic E-state index is 5.57. The Hall–Kier alpha value is -0.580. The van der Waals surface area contributed by atoms with Crippen LogP contribution in [-0.2, 0) is 0 Å². The Balaban J connectivity index is 4.17. The van der Waals surface area contributed by atoms with E-state index in [4.69, 9.17) is 22.9 Å². The Kier molecular flexibility index (Phi) is 3.35. The largest absolute Gasteiger partial charge is 0.400 e. The van der Waals surface area contributed by atoms with E-state index in [1.165, 1.54) is 0 Å². The van der Waals surface area contributed by atoms with Crippen LogP contribution in [0.5, 0.6) is 0 Å². The standard InChI is InChI=1S/C6H16N4/c1-2-6(9,10)5(8)3-4-7/h3H,2,4,7-10H2,1H3. The van der Waals surface area contributed by atoms with Gasteiger partial charge in [0.2, 0.25) is 0 Å². The van der Waals surface area contributed by atoms with Crippen molar-refractivity contribution in [2.24, 2.45) is 22.9 Å². The van der Waals surface area contributed by atoms with E-state index in [0.29, 0.717) is 18.7 Å². The summed E-state index contributed by atoms with van der Waals surface area (Å²) >= 11 is 0. The van der Waals surface area contributed by atoms with Crippen LogP contribution in [0.25, 0.3) is 0 Å². The molecular formula is C6H16N4. The van der Waals surface area contributed by atoms with Crippen LogP contribution < -0.4 is 22.9 Å². The van der Waals surface area contributed by atoms with Gasteiger partial charge in [0.25, 0.3) is 0 Å². The molecule has 0 saturated carbocycles. The average molecular weight is 144 g/mol. The van der Waals surface area contributed by atoms with Gasteiger partial charge in [0.05, 0.1) is 0 Å². The lowest BCUT2D eigenvalue weighted by Crippen LogP contribution is -2.53. The van der Waals surface area contributed by atoms with E-state index in [2.05, 4.69) is 0 Å². The normalized spacial score (nSPS) is 13.8. The van der Waals surface area contributed by atoms with Crippen molar-refractivity contribution in [1.82, 2.24) is 0 Å². The first-order valence-corrected chi connectivity index (χ1v) is 3.28. The van der Waals surface area contributed by atoms with Crippen LogP contribution in [0, 0.1) is 0 Å². The highest BCUT2D eigenvalue weighted by Gasteiger charge is 2.18. The zero-order valence-corrected chi connectivity index (χ0v) is 6.30. The van der Waals surface area contributed by atoms with Gasteiger partial charge in [0.15, 0.2) is 0 Å². The Bertz CT molecular complexity index is 128. The van der Waals surface area contributed by atoms with E-state index in [1.54, 1.807) is 6.08 Å². The molecule has 0 unspecified atom stereocenters. The molecule has 4 heteroatoms. The molecule has 0 aromatic carbocycles. The second-order valence-corrected chi connectivity index (χ2v) is 2.29. The van der Waals surface area contributed by atoms with Crippen LogP contribution in [0.15, 0.2) is 11.8 Å². The molecule has 0 atom stereocenters. The Morgan fingerprint density at radius 1 is 1.50 bits per heavy atom. The summed E-state index contributed by atoms with van der Waals surface area (Å²) in [4.78, 5) is 0. The van der Waals surface area contributed by atoms with E-state index in [0.717, 1.165) is 0 Å². The fraction of sp³-hybridized carbons (Fsp3) is 0.667. The minimum Gasteiger partial charge on any atom is -0.400 e. The van der Waals surface area contributed by atoms with Crippen molar-refractivity contribution < 1.29 is 0 Å². The van der Waals surface area contributed by atoms with Gasteiger partial charge in [-0.1, -0.05) is 6.92 Å². The molecule has 0 radical (unpaired) electrons. The van der Waals surface area contributed by atoms with Crippen LogP contribution in [0.4, 0.5) is 0 Å². The fourth-order valence-corrected chi connectivity index (χ4v) is 0.521. The topological polar surface area (TPSA) is 104 Å². The first-order chi connectivity index (χ1) is 4.54. The van der Waals surface area contributed by atoms with Crippen LogP contribution in [0.2, 0.25) is 0 Å². The van der Waals surface area contributed by atoms with Gasteiger partial charge in [0.1, 0.15) is 5.66 Å². The molecule has 0 spiro atoms. The molecule has 0 rings (SSSR count). The third-order valence-corrected chi connectivity index (χ3v) is 1.46. The van der Waals surface area contributed by atoms with Gasteiger partial charge in [0, 0.05) is 12.2 Å². The third-order valence-electron chi connectivity index (χ3n) is 1.46. The van der Waals surface area contributed by atoms with E-state index >= 15 is 0 Å². The molecule has 0 fully saturated rings. The second kappa shape index (κ2) is 3.55. The van der Waals surface area contributed by atoms with Gasteiger partial charge in [-0.25, -0.2) is 0 Å². The quantitative estimate of drug-likeness (QED) is 0.374. The van der Waals surface area contributed by atoms with Crippen LogP contribution in [-0.4, -0.2) is 12.2 Å². The van der Waals surface area contributed by atoms with Crippen molar-refractivity contribution >= 4 is 0 Å². The highest BCUT2D eigenvalue weighted by Crippen LogP contribution is 2.04. The van der Waals surface area contributed by atoms with Gasteiger partial charge in [-0.05, 0) is 12.5 Å². The molecule has 0 aliphatic carbocycles. The molecule has 10 heavy (non-hydrogen) atoms. The molecule has 0 aliphatic heterocycles. The lowest BCUT2D eigenvalue weighted by Gasteiger charge is -2.22. The van der Waals surface area contributed by atoms with Crippen molar-refractivity contribution in [2.45, 2.75) is 19.0 Å². The van der Waals surface area contributed by atoms with E-state index in [-0.39, 0.29) is 0 Å². The molecule has 0 aromatic heterocycles. The van der Waals surface area contributed by atoms with Gasteiger partial charge in [-0.3, -0.25) is 0 Å². The van der Waals surface area contributed by atoms with Crippen molar-refractivity contribution in [2.75, 3.05) is 6.54 Å². The first kappa shape index (κ1) is 9.42. The number of nitrogens with two attached hydrogens (primary N) is 4. The Labute approximate surface area is 61.2 Å². The van der Waals surface area contributed by atoms with Crippen LogP contribution >= 0.6 is 0 Å². The summed E-state index contributed by atoms with van der Waals surface area (Å²) in [5.74, 6) is 0. The molecular weight excluding hydrogens is 128 g/mol. The number of hydrogen-bond acceptors (Lipinski definition) is 4. The lowest BCUT2D eigenvalue weighted by atomic mass is 10.1. The zero-order chi connectivity index (χ0) is 8.20. The second-order valence-electron chi connectivity index (χ2n) is 2.29. The first-order valence-electron chi connectivity index (χ1n) is 3.28. The summed E-state index contributed by atoms with van der Waals surface area (Å²) in [7, 11) is 0. The van der Waals surface area contributed by atoms with Crippen molar-refractivity contribution in [3.8, 4) is 0 Å². The van der Waals surface area contributed by atoms with Gasteiger partial charge in [-0.2, -0.15) is 0 Å². The molecule has 0 saturated heterocycles. The summed E-state index contributed by atoms with van der Waals surface area (Å²) < 4.78 is 0. The zero-order valence-electron chi connectivity index (χ0n) is 6.30. The minimum absolute atomic E-state index is 0.377. The predicted octanol–water partition coefficient (Wildman–Crippen LogP) is -1.19. The summed E-state index contributed by atoms with van der Waals surface area (Å²) in [6.07, 6.45) is 2.23. The highest BCUT2D eigenvalue weighted by atomic mass is 15.0. The van der Waals surface area contributed by atoms with E-state index < -0.39 is 5.66 Å². The molecule has 8 N–H and O–H groups in total. The van der Waals surface area contributed by atoms with Crippen molar-refractivity contribution in [3.63, 3.8) is 0 Å². The molecule has 0 amide bonds. The predicted molar refractivity (Wildman–Crippen MR) is 42.7 cm³/mol. The molecule has 0 heterocycles. The maximum Gasteiger partial charge on any atom is 0.104 e. The molecule has 0 bridgehead atoms. The van der Waals surface area contributed by atoms with E-state index in [9.17, 15) is 0 Å². The Morgan fingerprint density at radius 3 is 2.30 bits per heavy atom. The van der Waals surface area contributed by atoms with Crippen LogP contribution in [0.1, 0.15) is 13.3 Å². The summed E-state index contributed by atoms with van der Waals surface area (Å²) in [5, 5.41) is 0. The van der Waals surface area contributed by atoms with Gasteiger partial charge < -0.3 is 22.9 Å². The third kappa shape index (κ3) is 2.34. The molecule has 0 aromatic rings. The highest BCUT2D eigenvalue weighted by molar-refractivity contribution is 5.12. The van der Waals surface area contributed by atoms with Gasteiger partial charge >= 0.3 is 0 Å². The molecule has 4 nitrogen and oxygen atoms in total. The smallest absolute Gasteiger partial charge is 0.104 e. The van der Waals surface area contributed by atoms with Crippen molar-refractivity contribution in [3.05, 3.63) is 11.8 Å². The monoisotopic (exact) mass is 144 g/mol. The fourth-order valence-electron chi connectivity index (χ4n) is 0.521. The maximum atomic E-state index is 5.57. The van der Waals surface area contributed by atoms with Crippen LogP contribution in [0.3, 0.4) is 0 Å². The number of rotatable bonds is 3. The van der Waals surface area contributed by atoms with Crippen molar-refractivity contribution in [1.29, 1.82) is 0 Å². The lowest BCUT2D eigenvalue weighted by molar-refractivity contribution is 0.495. The number of hydrogen-bond donors (Lipinski definition) is 4. The summed E-state index contributed by atoms with van der Waals surface area (Å²) in [5.41, 5.74) is 21.4. The SMILES string of the molecule is CCC(N)(N)C(N)=CCN. The molecule has 0 aliphatic rings. The van der Waals surface area contributed by atoms with Gasteiger partial charge in [-0.15, -0.1) is 0 Å². The minimum atomic E-state index is -0.890. The summed E-state index contributed by atoms with van der Waals surface area (Å²) in [6, 6.07) is 0. The van der Waals surface area contributed by atoms with E-state index in [1.807, 2.05) is 6.92 Å². The average Bonchev–Trinajstić information content (AvgIpc) is 1.89. The summed E-state index contributed by atoms with van der Waals surface area (Å²) in [6.45, 7) is 2.25. The molecule has 60 valence electrons. The Morgan fingerprint density at radius 2 is 2.00 bits per heavy atom.